The first-order chi connectivity index (χ1) is 6.70. The minimum Gasteiger partial charge on any atom is -0.370 e. The summed E-state index contributed by atoms with van der Waals surface area (Å²) < 4.78 is 16.3. The number of hydrogen-bond acceptors (Lipinski definition) is 3. The van der Waals surface area contributed by atoms with Crippen LogP contribution in [0.15, 0.2) is 35.2 Å². The molecule has 0 heterocycles. The van der Waals surface area contributed by atoms with Gasteiger partial charge in [0.1, 0.15) is 0 Å². The molecule has 0 radical (unpaired) electrons. The molecule has 0 aliphatic heterocycles. The van der Waals surface area contributed by atoms with E-state index in [-0.39, 0.29) is 13.0 Å². The molecule has 4 nitrogen and oxygen atoms in total. The zero-order chi connectivity index (χ0) is 10.4. The van der Waals surface area contributed by atoms with Crippen LogP contribution in [0, 0.1) is 0 Å². The van der Waals surface area contributed by atoms with E-state index in [1.54, 1.807) is 24.3 Å². The van der Waals surface area contributed by atoms with Gasteiger partial charge in [0.2, 0.25) is 5.91 Å². The smallest absolute Gasteiger partial charge is 0.219 e. The molecule has 14 heavy (non-hydrogen) atoms. The minimum absolute atomic E-state index is 0.0802. The van der Waals surface area contributed by atoms with Crippen LogP contribution in [0.4, 0.5) is 0 Å². The van der Waals surface area contributed by atoms with Gasteiger partial charge in [-0.3, -0.25) is 8.98 Å². The van der Waals surface area contributed by atoms with Crippen LogP contribution in [0.2, 0.25) is 0 Å². The Morgan fingerprint density at radius 3 is 2.57 bits per heavy atom. The molecule has 2 N–H and O–H groups in total. The van der Waals surface area contributed by atoms with E-state index in [0.29, 0.717) is 4.90 Å². The SMILES string of the molecule is NC(=O)CCOS(=O)c1ccccc1. The highest BCUT2D eigenvalue weighted by Gasteiger charge is 2.03. The lowest BCUT2D eigenvalue weighted by Crippen LogP contribution is -2.14. The van der Waals surface area contributed by atoms with Crippen LogP contribution in [-0.4, -0.2) is 16.7 Å². The molecular weight excluding hydrogens is 202 g/mol. The van der Waals surface area contributed by atoms with E-state index in [1.165, 1.54) is 0 Å². The number of primary amides is 1. The van der Waals surface area contributed by atoms with Crippen molar-refractivity contribution >= 4 is 17.0 Å². The summed E-state index contributed by atoms with van der Waals surface area (Å²) in [4.78, 5) is 10.9. The van der Waals surface area contributed by atoms with E-state index in [2.05, 4.69) is 0 Å². The number of benzene rings is 1. The van der Waals surface area contributed by atoms with E-state index >= 15 is 0 Å². The molecule has 0 aliphatic rings. The summed E-state index contributed by atoms with van der Waals surface area (Å²) in [6, 6.07) is 8.75. The van der Waals surface area contributed by atoms with Crippen molar-refractivity contribution in [3.8, 4) is 0 Å². The minimum atomic E-state index is -1.51. The van der Waals surface area contributed by atoms with Gasteiger partial charge in [0.05, 0.1) is 17.9 Å². The third kappa shape index (κ3) is 3.68. The molecule has 1 rings (SSSR count). The van der Waals surface area contributed by atoms with Gasteiger partial charge in [-0.25, -0.2) is 4.21 Å². The van der Waals surface area contributed by atoms with Gasteiger partial charge in [-0.1, -0.05) is 18.2 Å². The largest absolute Gasteiger partial charge is 0.370 e. The van der Waals surface area contributed by atoms with Crippen molar-refractivity contribution in [1.29, 1.82) is 0 Å². The lowest BCUT2D eigenvalue weighted by molar-refractivity contribution is -0.118. The number of carbonyl (C=O) groups excluding carboxylic acids is 1. The fourth-order valence-corrected chi connectivity index (χ4v) is 1.57. The standard InChI is InChI=1S/C9H11NO3S/c10-9(11)6-7-13-14(12)8-4-2-1-3-5-8/h1-5H,6-7H2,(H2,10,11). The Labute approximate surface area is 84.7 Å². The second-order valence-electron chi connectivity index (χ2n) is 2.59. The Hall–Kier alpha value is -1.20. The van der Waals surface area contributed by atoms with E-state index < -0.39 is 17.0 Å². The number of hydrogen-bond donors (Lipinski definition) is 1. The maximum absolute atomic E-state index is 11.4. The number of nitrogens with two attached hydrogens (primary N) is 1. The Morgan fingerprint density at radius 1 is 1.36 bits per heavy atom. The average molecular weight is 213 g/mol. The third-order valence-corrected chi connectivity index (χ3v) is 2.51. The van der Waals surface area contributed by atoms with E-state index in [1.807, 2.05) is 6.07 Å². The van der Waals surface area contributed by atoms with Crippen LogP contribution in [0.25, 0.3) is 0 Å². The maximum Gasteiger partial charge on any atom is 0.219 e. The van der Waals surface area contributed by atoms with Crippen LogP contribution in [-0.2, 0) is 20.1 Å². The van der Waals surface area contributed by atoms with Crippen molar-refractivity contribution in [2.75, 3.05) is 6.61 Å². The molecule has 1 unspecified atom stereocenters. The Bertz CT molecular complexity index is 326. The molecule has 0 saturated heterocycles. The summed E-state index contributed by atoms with van der Waals surface area (Å²) in [5.74, 6) is -0.463. The molecule has 1 atom stereocenters. The van der Waals surface area contributed by atoms with Gasteiger partial charge in [0.15, 0.2) is 11.1 Å². The fourth-order valence-electron chi connectivity index (χ4n) is 0.818. The van der Waals surface area contributed by atoms with Gasteiger partial charge in [0, 0.05) is 0 Å². The van der Waals surface area contributed by atoms with E-state index in [0.717, 1.165) is 0 Å². The predicted octanol–water partition coefficient (Wildman–Crippen LogP) is 0.601. The number of carbonyl (C=O) groups is 1. The van der Waals surface area contributed by atoms with Crippen molar-refractivity contribution in [2.45, 2.75) is 11.3 Å². The second kappa shape index (κ2) is 5.51. The summed E-state index contributed by atoms with van der Waals surface area (Å²) in [7, 11) is 0. The molecule has 0 saturated carbocycles. The average Bonchev–Trinajstić information content (AvgIpc) is 2.18. The topological polar surface area (TPSA) is 69.4 Å². The van der Waals surface area contributed by atoms with Crippen LogP contribution >= 0.6 is 0 Å². The van der Waals surface area contributed by atoms with E-state index in [4.69, 9.17) is 9.92 Å². The van der Waals surface area contributed by atoms with Crippen LogP contribution < -0.4 is 5.73 Å². The first kappa shape index (κ1) is 10.9. The monoisotopic (exact) mass is 213 g/mol. The van der Waals surface area contributed by atoms with Gasteiger partial charge in [-0.05, 0) is 12.1 Å². The highest BCUT2D eigenvalue weighted by Crippen LogP contribution is 2.06. The van der Waals surface area contributed by atoms with Gasteiger partial charge in [0.25, 0.3) is 0 Å². The lowest BCUT2D eigenvalue weighted by Gasteiger charge is -2.01. The zero-order valence-electron chi connectivity index (χ0n) is 7.51. The van der Waals surface area contributed by atoms with E-state index in [9.17, 15) is 9.00 Å². The van der Waals surface area contributed by atoms with Gasteiger partial charge in [-0.2, -0.15) is 0 Å². The van der Waals surface area contributed by atoms with Crippen molar-refractivity contribution in [1.82, 2.24) is 0 Å². The molecule has 0 aromatic heterocycles. The van der Waals surface area contributed by atoms with Gasteiger partial charge in [-0.15, -0.1) is 0 Å². The first-order valence-corrected chi connectivity index (χ1v) is 5.16. The van der Waals surface area contributed by atoms with Gasteiger partial charge >= 0.3 is 0 Å². The highest BCUT2D eigenvalue weighted by molar-refractivity contribution is 7.80. The summed E-state index contributed by atoms with van der Waals surface area (Å²) >= 11 is -1.51. The summed E-state index contributed by atoms with van der Waals surface area (Å²) in [5.41, 5.74) is 4.90. The summed E-state index contributed by atoms with van der Waals surface area (Å²) in [5, 5.41) is 0. The van der Waals surface area contributed by atoms with Crippen molar-refractivity contribution in [3.63, 3.8) is 0 Å². The van der Waals surface area contributed by atoms with Crippen LogP contribution in [0.5, 0.6) is 0 Å². The molecule has 0 spiro atoms. The second-order valence-corrected chi connectivity index (χ2v) is 3.76. The maximum atomic E-state index is 11.4. The molecule has 1 aromatic rings. The zero-order valence-corrected chi connectivity index (χ0v) is 8.33. The highest BCUT2D eigenvalue weighted by atomic mass is 32.2. The Balaban J connectivity index is 2.40. The van der Waals surface area contributed by atoms with Crippen molar-refractivity contribution in [3.05, 3.63) is 30.3 Å². The molecule has 1 amide bonds. The number of amides is 1. The van der Waals surface area contributed by atoms with Crippen molar-refractivity contribution in [2.24, 2.45) is 5.73 Å². The molecule has 76 valence electrons. The number of rotatable bonds is 5. The molecule has 0 bridgehead atoms. The normalized spacial score (nSPS) is 12.3. The lowest BCUT2D eigenvalue weighted by atomic mass is 10.4. The van der Waals surface area contributed by atoms with Gasteiger partial charge < -0.3 is 5.73 Å². The predicted molar refractivity (Wildman–Crippen MR) is 52.6 cm³/mol. The summed E-state index contributed by atoms with van der Waals surface area (Å²) in [6.45, 7) is 0.0802. The molecule has 1 aromatic carbocycles. The van der Waals surface area contributed by atoms with Crippen LogP contribution in [0.3, 0.4) is 0 Å². The molecule has 0 fully saturated rings. The molecular formula is C9H11NO3S. The first-order valence-electron chi connectivity index (χ1n) is 4.08. The van der Waals surface area contributed by atoms with Crippen LogP contribution in [0.1, 0.15) is 6.42 Å². The fraction of sp³-hybridized carbons (Fsp3) is 0.222. The molecule has 0 aliphatic carbocycles. The molecule has 5 heteroatoms. The Kier molecular flexibility index (Phi) is 4.28. The quantitative estimate of drug-likeness (QED) is 0.778. The van der Waals surface area contributed by atoms with Crippen molar-refractivity contribution < 1.29 is 13.2 Å². The summed E-state index contributed by atoms with van der Waals surface area (Å²) in [6.07, 6.45) is 0.0819. The third-order valence-electron chi connectivity index (χ3n) is 1.47. The Morgan fingerprint density at radius 2 is 2.00 bits per heavy atom.